The van der Waals surface area contributed by atoms with Crippen LogP contribution >= 0.6 is 0 Å². The zero-order valence-electron chi connectivity index (χ0n) is 12.8. The Morgan fingerprint density at radius 3 is 2.60 bits per heavy atom. The molecular weight excluding hydrogens is 252 g/mol. The Morgan fingerprint density at radius 2 is 2.00 bits per heavy atom. The smallest absolute Gasteiger partial charge is 0.214 e. The number of ether oxygens (including phenoxy) is 2. The van der Waals surface area contributed by atoms with E-state index in [2.05, 4.69) is 31.8 Å². The highest BCUT2D eigenvalue weighted by atomic mass is 16.5. The third kappa shape index (κ3) is 4.18. The maximum atomic E-state index is 6.08. The van der Waals surface area contributed by atoms with E-state index in [0.29, 0.717) is 12.4 Å². The van der Waals surface area contributed by atoms with Crippen LogP contribution in [0.25, 0.3) is 0 Å². The van der Waals surface area contributed by atoms with Crippen molar-refractivity contribution < 1.29 is 9.47 Å². The Hall–Kier alpha value is -1.13. The highest BCUT2D eigenvalue weighted by Gasteiger charge is 2.26. The number of rotatable bonds is 5. The second kappa shape index (κ2) is 7.04. The lowest BCUT2D eigenvalue weighted by Crippen LogP contribution is -2.35. The third-order valence-corrected chi connectivity index (χ3v) is 3.60. The van der Waals surface area contributed by atoms with Gasteiger partial charge < -0.3 is 15.2 Å². The molecule has 0 aromatic carbocycles. The van der Waals surface area contributed by atoms with Gasteiger partial charge in [0.25, 0.3) is 0 Å². The van der Waals surface area contributed by atoms with Crippen LogP contribution in [0, 0.1) is 0 Å². The fourth-order valence-corrected chi connectivity index (χ4v) is 2.79. The summed E-state index contributed by atoms with van der Waals surface area (Å²) in [6, 6.07) is 4.04. The van der Waals surface area contributed by atoms with Crippen molar-refractivity contribution >= 4 is 0 Å². The first kappa shape index (κ1) is 15.3. The van der Waals surface area contributed by atoms with E-state index in [9.17, 15) is 0 Å². The second-order valence-electron chi connectivity index (χ2n) is 5.73. The van der Waals surface area contributed by atoms with Gasteiger partial charge in [0.1, 0.15) is 6.10 Å². The van der Waals surface area contributed by atoms with Crippen molar-refractivity contribution in [2.45, 2.75) is 71.3 Å². The molecule has 4 heteroatoms. The van der Waals surface area contributed by atoms with E-state index in [1.165, 1.54) is 0 Å². The lowest BCUT2D eigenvalue weighted by Gasteiger charge is -2.32. The number of hydrogen-bond acceptors (Lipinski definition) is 4. The highest BCUT2D eigenvalue weighted by molar-refractivity contribution is 5.25. The van der Waals surface area contributed by atoms with E-state index in [1.54, 1.807) is 0 Å². The Bertz CT molecular complexity index is 426. The molecule has 2 atom stereocenters. The van der Waals surface area contributed by atoms with Crippen LogP contribution in [0.5, 0.6) is 5.88 Å². The lowest BCUT2D eigenvalue weighted by atomic mass is 10.0. The lowest BCUT2D eigenvalue weighted by molar-refractivity contribution is -0.0730. The van der Waals surface area contributed by atoms with Crippen LogP contribution in [0.1, 0.15) is 51.3 Å². The number of hydrogen-bond donors (Lipinski definition) is 1. The Labute approximate surface area is 121 Å². The van der Waals surface area contributed by atoms with Crippen LogP contribution in [-0.2, 0) is 17.7 Å². The second-order valence-corrected chi connectivity index (χ2v) is 5.73. The summed E-state index contributed by atoms with van der Waals surface area (Å²) in [7, 11) is 0. The first-order valence-electron chi connectivity index (χ1n) is 7.62. The van der Waals surface area contributed by atoms with Gasteiger partial charge in [0.2, 0.25) is 5.88 Å². The van der Waals surface area contributed by atoms with Crippen molar-refractivity contribution in [3.8, 4) is 5.88 Å². The SMILES string of the molecule is CCCc1cc(CN)cc(OC2CC(C)OC(C)C2)n1. The topological polar surface area (TPSA) is 57.4 Å². The minimum Gasteiger partial charge on any atom is -0.474 e. The summed E-state index contributed by atoms with van der Waals surface area (Å²) in [6.07, 6.45) is 4.55. The van der Waals surface area contributed by atoms with E-state index in [-0.39, 0.29) is 18.3 Å². The molecule has 2 N–H and O–H groups in total. The van der Waals surface area contributed by atoms with Gasteiger partial charge in [-0.2, -0.15) is 0 Å². The molecule has 0 amide bonds. The normalized spacial score (nSPS) is 26.5. The van der Waals surface area contributed by atoms with Crippen LogP contribution in [-0.4, -0.2) is 23.3 Å². The van der Waals surface area contributed by atoms with Gasteiger partial charge in [-0.3, -0.25) is 0 Å². The van der Waals surface area contributed by atoms with Crippen molar-refractivity contribution in [3.05, 3.63) is 23.4 Å². The molecule has 1 fully saturated rings. The Balaban J connectivity index is 2.09. The number of aromatic nitrogens is 1. The minimum atomic E-state index is 0.184. The first-order chi connectivity index (χ1) is 9.60. The van der Waals surface area contributed by atoms with Crippen LogP contribution < -0.4 is 10.5 Å². The van der Waals surface area contributed by atoms with Gasteiger partial charge in [-0.15, -0.1) is 0 Å². The summed E-state index contributed by atoms with van der Waals surface area (Å²) in [6.45, 7) is 6.87. The fraction of sp³-hybridized carbons (Fsp3) is 0.688. The van der Waals surface area contributed by atoms with Crippen molar-refractivity contribution in [3.63, 3.8) is 0 Å². The van der Waals surface area contributed by atoms with Crippen molar-refractivity contribution in [2.75, 3.05) is 0 Å². The molecule has 112 valence electrons. The zero-order valence-corrected chi connectivity index (χ0v) is 12.8. The molecule has 0 saturated carbocycles. The fourth-order valence-electron chi connectivity index (χ4n) is 2.79. The molecule has 1 aromatic heterocycles. The number of nitrogens with zero attached hydrogens (tertiary/aromatic N) is 1. The summed E-state index contributed by atoms with van der Waals surface area (Å²) < 4.78 is 11.8. The molecule has 0 aliphatic carbocycles. The van der Waals surface area contributed by atoms with Crippen LogP contribution in [0.2, 0.25) is 0 Å². The van der Waals surface area contributed by atoms with E-state index >= 15 is 0 Å². The molecule has 0 bridgehead atoms. The van der Waals surface area contributed by atoms with E-state index in [1.807, 2.05) is 6.07 Å². The standard InChI is InChI=1S/C16H26N2O2/c1-4-5-14-8-13(10-17)9-16(18-14)20-15-6-11(2)19-12(3)7-15/h8-9,11-12,15H,4-7,10,17H2,1-3H3. The summed E-state index contributed by atoms with van der Waals surface area (Å²) in [5.41, 5.74) is 7.92. The average Bonchev–Trinajstić information content (AvgIpc) is 2.37. The molecular formula is C16H26N2O2. The minimum absolute atomic E-state index is 0.184. The monoisotopic (exact) mass is 278 g/mol. The molecule has 2 heterocycles. The predicted octanol–water partition coefficient (Wildman–Crippen LogP) is 2.83. The molecule has 0 spiro atoms. The summed E-state index contributed by atoms with van der Waals surface area (Å²) in [4.78, 5) is 4.60. The summed E-state index contributed by atoms with van der Waals surface area (Å²) in [5, 5.41) is 0. The third-order valence-electron chi connectivity index (χ3n) is 3.60. The molecule has 1 saturated heterocycles. The molecule has 4 nitrogen and oxygen atoms in total. The number of pyridine rings is 1. The maximum absolute atomic E-state index is 6.08. The van der Waals surface area contributed by atoms with E-state index in [4.69, 9.17) is 15.2 Å². The number of aryl methyl sites for hydroxylation is 1. The Morgan fingerprint density at radius 1 is 1.30 bits per heavy atom. The van der Waals surface area contributed by atoms with Gasteiger partial charge in [0.15, 0.2) is 0 Å². The first-order valence-corrected chi connectivity index (χ1v) is 7.62. The zero-order chi connectivity index (χ0) is 14.5. The van der Waals surface area contributed by atoms with Crippen LogP contribution in [0.4, 0.5) is 0 Å². The molecule has 0 radical (unpaired) electrons. The maximum Gasteiger partial charge on any atom is 0.214 e. The predicted molar refractivity (Wildman–Crippen MR) is 79.8 cm³/mol. The van der Waals surface area contributed by atoms with Gasteiger partial charge >= 0.3 is 0 Å². The largest absolute Gasteiger partial charge is 0.474 e. The van der Waals surface area contributed by atoms with Crippen molar-refractivity contribution in [1.29, 1.82) is 0 Å². The summed E-state index contributed by atoms with van der Waals surface area (Å²) in [5.74, 6) is 0.711. The molecule has 1 aliphatic heterocycles. The molecule has 20 heavy (non-hydrogen) atoms. The Kier molecular flexibility index (Phi) is 5.38. The highest BCUT2D eigenvalue weighted by Crippen LogP contribution is 2.24. The van der Waals surface area contributed by atoms with Gasteiger partial charge in [-0.05, 0) is 31.9 Å². The summed E-state index contributed by atoms with van der Waals surface area (Å²) >= 11 is 0. The average molecular weight is 278 g/mol. The molecule has 1 aromatic rings. The van der Waals surface area contributed by atoms with Crippen LogP contribution in [0.3, 0.4) is 0 Å². The van der Waals surface area contributed by atoms with E-state index < -0.39 is 0 Å². The molecule has 2 unspecified atom stereocenters. The van der Waals surface area contributed by atoms with Crippen LogP contribution in [0.15, 0.2) is 12.1 Å². The van der Waals surface area contributed by atoms with Gasteiger partial charge in [-0.25, -0.2) is 4.98 Å². The van der Waals surface area contributed by atoms with Crippen molar-refractivity contribution in [2.24, 2.45) is 5.73 Å². The van der Waals surface area contributed by atoms with Gasteiger partial charge in [0.05, 0.1) is 12.2 Å². The molecule has 2 rings (SSSR count). The van der Waals surface area contributed by atoms with Crippen molar-refractivity contribution in [1.82, 2.24) is 4.98 Å². The van der Waals surface area contributed by atoms with Gasteiger partial charge in [-0.1, -0.05) is 13.3 Å². The number of nitrogens with two attached hydrogens (primary N) is 1. The van der Waals surface area contributed by atoms with E-state index in [0.717, 1.165) is 36.9 Å². The quantitative estimate of drug-likeness (QED) is 0.899. The van der Waals surface area contributed by atoms with Gasteiger partial charge in [0, 0.05) is 31.1 Å². The molecule has 1 aliphatic rings.